The largest absolute Gasteiger partial charge is 0.399 e. The number of nitrogens with zero attached hydrogens (tertiary/aromatic N) is 5. The fourth-order valence-corrected chi connectivity index (χ4v) is 6.57. The molecule has 2 heterocycles. The highest BCUT2D eigenvalue weighted by Crippen LogP contribution is 2.30. The third-order valence-corrected chi connectivity index (χ3v) is 9.31. The summed E-state index contributed by atoms with van der Waals surface area (Å²) in [6, 6.07) is 27.8. The average molecular weight is 598 g/mol. The molecular formula is C29H30Cl2N6O2S. The SMILES string of the molecule is Nc1ccc(S(=O)(=O)N(CCN2CCN([C@H](c3ccccc3)c3ccc(Cl)cc3)CC2)c2ccc(Cl)nn2)cc1. The van der Waals surface area contributed by atoms with Gasteiger partial charge >= 0.3 is 0 Å². The van der Waals surface area contributed by atoms with E-state index < -0.39 is 10.0 Å². The van der Waals surface area contributed by atoms with Crippen LogP contribution in [0.15, 0.2) is 95.9 Å². The van der Waals surface area contributed by atoms with Crippen molar-refractivity contribution in [2.24, 2.45) is 0 Å². The van der Waals surface area contributed by atoms with E-state index in [0.717, 1.165) is 26.2 Å². The lowest BCUT2D eigenvalue weighted by molar-refractivity contribution is 0.112. The molecule has 0 unspecified atom stereocenters. The van der Waals surface area contributed by atoms with Crippen molar-refractivity contribution >= 4 is 44.7 Å². The first-order valence-corrected chi connectivity index (χ1v) is 15.2. The number of hydrogen-bond acceptors (Lipinski definition) is 7. The Kier molecular flexibility index (Phi) is 8.87. The molecule has 1 saturated heterocycles. The van der Waals surface area contributed by atoms with Crippen LogP contribution in [0.3, 0.4) is 0 Å². The molecule has 0 amide bonds. The van der Waals surface area contributed by atoms with E-state index in [1.807, 2.05) is 18.2 Å². The summed E-state index contributed by atoms with van der Waals surface area (Å²) in [6.07, 6.45) is 0. The molecule has 1 aliphatic heterocycles. The van der Waals surface area contributed by atoms with E-state index in [-0.39, 0.29) is 28.5 Å². The Labute approximate surface area is 245 Å². The van der Waals surface area contributed by atoms with E-state index in [2.05, 4.69) is 56.4 Å². The summed E-state index contributed by atoms with van der Waals surface area (Å²) in [5, 5.41) is 8.84. The fourth-order valence-electron chi connectivity index (χ4n) is 4.94. The van der Waals surface area contributed by atoms with Crippen LogP contribution < -0.4 is 10.0 Å². The number of anilines is 2. The highest BCUT2D eigenvalue weighted by Gasteiger charge is 2.29. The van der Waals surface area contributed by atoms with Crippen LogP contribution in [-0.2, 0) is 10.0 Å². The van der Waals surface area contributed by atoms with Gasteiger partial charge < -0.3 is 5.73 Å². The number of aromatic nitrogens is 2. The first-order chi connectivity index (χ1) is 19.3. The third-order valence-electron chi connectivity index (χ3n) is 7.03. The Bertz CT molecular complexity index is 1500. The lowest BCUT2D eigenvalue weighted by atomic mass is 9.96. The predicted octanol–water partition coefficient (Wildman–Crippen LogP) is 4.97. The van der Waals surface area contributed by atoms with Gasteiger partial charge in [0, 0.05) is 50.0 Å². The second-order valence-electron chi connectivity index (χ2n) is 9.60. The van der Waals surface area contributed by atoms with Crippen LogP contribution in [0.25, 0.3) is 0 Å². The third kappa shape index (κ3) is 6.56. The summed E-state index contributed by atoms with van der Waals surface area (Å²) < 4.78 is 28.5. The molecule has 0 bridgehead atoms. The maximum absolute atomic E-state index is 13.6. The molecule has 1 aliphatic rings. The van der Waals surface area contributed by atoms with Gasteiger partial charge in [0.2, 0.25) is 0 Å². The Balaban J connectivity index is 1.31. The summed E-state index contributed by atoms with van der Waals surface area (Å²) in [7, 11) is -3.90. The van der Waals surface area contributed by atoms with E-state index in [9.17, 15) is 8.42 Å². The highest BCUT2D eigenvalue weighted by molar-refractivity contribution is 7.92. The smallest absolute Gasteiger partial charge is 0.265 e. The molecule has 208 valence electrons. The van der Waals surface area contributed by atoms with Crippen LogP contribution in [0, 0.1) is 0 Å². The molecule has 11 heteroatoms. The summed E-state index contributed by atoms with van der Waals surface area (Å²) in [6.45, 7) is 3.98. The molecule has 40 heavy (non-hydrogen) atoms. The van der Waals surface area contributed by atoms with Crippen LogP contribution in [0.1, 0.15) is 17.2 Å². The highest BCUT2D eigenvalue weighted by atomic mass is 35.5. The predicted molar refractivity (Wildman–Crippen MR) is 160 cm³/mol. The molecule has 5 rings (SSSR count). The molecule has 0 radical (unpaired) electrons. The maximum atomic E-state index is 13.6. The zero-order valence-corrected chi connectivity index (χ0v) is 24.1. The molecule has 3 aromatic carbocycles. The molecule has 1 aromatic heterocycles. The summed E-state index contributed by atoms with van der Waals surface area (Å²) in [5.41, 5.74) is 8.68. The second-order valence-corrected chi connectivity index (χ2v) is 12.3. The number of halogens is 2. The van der Waals surface area contributed by atoms with Gasteiger partial charge in [-0.15, -0.1) is 10.2 Å². The van der Waals surface area contributed by atoms with Gasteiger partial charge in [-0.1, -0.05) is 65.7 Å². The quantitative estimate of drug-likeness (QED) is 0.272. The Morgan fingerprint density at radius 3 is 2.08 bits per heavy atom. The van der Waals surface area contributed by atoms with E-state index in [4.69, 9.17) is 28.9 Å². The van der Waals surface area contributed by atoms with Crippen molar-refractivity contribution in [2.45, 2.75) is 10.9 Å². The number of hydrogen-bond donors (Lipinski definition) is 1. The number of benzene rings is 3. The van der Waals surface area contributed by atoms with Crippen molar-refractivity contribution < 1.29 is 8.42 Å². The molecule has 0 spiro atoms. The van der Waals surface area contributed by atoms with Crippen LogP contribution >= 0.6 is 23.2 Å². The van der Waals surface area contributed by atoms with Crippen molar-refractivity contribution in [3.8, 4) is 0 Å². The van der Waals surface area contributed by atoms with E-state index in [1.54, 1.807) is 18.2 Å². The standard InChI is InChI=1S/C29H30Cl2N6O2S/c30-24-8-6-23(7-9-24)29(22-4-2-1-3-5-22)36-19-16-35(17-20-36)18-21-37(28-15-14-27(31)33-34-28)40(38,39)26-12-10-25(32)11-13-26/h1-15,29H,16-21,32H2/t29-/m1/s1. The minimum atomic E-state index is -3.90. The van der Waals surface area contributed by atoms with Gasteiger partial charge in [-0.3, -0.25) is 9.80 Å². The number of rotatable bonds is 9. The minimum Gasteiger partial charge on any atom is -0.399 e. The lowest BCUT2D eigenvalue weighted by Gasteiger charge is -2.40. The summed E-state index contributed by atoms with van der Waals surface area (Å²) in [4.78, 5) is 4.87. The average Bonchev–Trinajstić information content (AvgIpc) is 2.97. The molecule has 0 saturated carbocycles. The van der Waals surface area contributed by atoms with Gasteiger partial charge in [0.15, 0.2) is 11.0 Å². The zero-order valence-electron chi connectivity index (χ0n) is 21.8. The van der Waals surface area contributed by atoms with Crippen molar-refractivity contribution in [2.75, 3.05) is 49.3 Å². The minimum absolute atomic E-state index is 0.104. The normalized spacial score (nSPS) is 15.6. The van der Waals surface area contributed by atoms with E-state index in [1.165, 1.54) is 33.6 Å². The molecule has 8 nitrogen and oxygen atoms in total. The van der Waals surface area contributed by atoms with Crippen molar-refractivity contribution in [1.29, 1.82) is 0 Å². The molecule has 1 fully saturated rings. The number of nitrogen functional groups attached to an aromatic ring is 1. The Morgan fingerprint density at radius 2 is 1.45 bits per heavy atom. The Morgan fingerprint density at radius 1 is 0.800 bits per heavy atom. The van der Waals surface area contributed by atoms with Gasteiger partial charge in [0.25, 0.3) is 10.0 Å². The lowest BCUT2D eigenvalue weighted by Crippen LogP contribution is -2.50. The van der Waals surface area contributed by atoms with Crippen LogP contribution in [-0.4, -0.2) is 67.7 Å². The van der Waals surface area contributed by atoms with Gasteiger partial charge in [-0.25, -0.2) is 12.7 Å². The van der Waals surface area contributed by atoms with Gasteiger partial charge in [-0.2, -0.15) is 0 Å². The first kappa shape index (κ1) is 28.3. The fraction of sp³-hybridized carbons (Fsp3) is 0.241. The zero-order chi connectivity index (χ0) is 28.1. The van der Waals surface area contributed by atoms with Crippen molar-refractivity contribution in [3.05, 3.63) is 112 Å². The number of nitrogens with two attached hydrogens (primary N) is 1. The van der Waals surface area contributed by atoms with E-state index in [0.29, 0.717) is 17.3 Å². The summed E-state index contributed by atoms with van der Waals surface area (Å²) in [5.74, 6) is 0.215. The Hall–Kier alpha value is -3.21. The molecule has 1 atom stereocenters. The van der Waals surface area contributed by atoms with Crippen molar-refractivity contribution in [1.82, 2.24) is 20.0 Å². The monoisotopic (exact) mass is 596 g/mol. The van der Waals surface area contributed by atoms with Gasteiger partial charge in [0.05, 0.1) is 10.9 Å². The summed E-state index contributed by atoms with van der Waals surface area (Å²) >= 11 is 12.1. The number of sulfonamides is 1. The molecular weight excluding hydrogens is 567 g/mol. The van der Waals surface area contributed by atoms with E-state index >= 15 is 0 Å². The topological polar surface area (TPSA) is 95.7 Å². The molecule has 4 aromatic rings. The van der Waals surface area contributed by atoms with Crippen LogP contribution in [0.4, 0.5) is 11.5 Å². The van der Waals surface area contributed by atoms with Crippen LogP contribution in [0.2, 0.25) is 10.2 Å². The second kappa shape index (κ2) is 12.5. The maximum Gasteiger partial charge on any atom is 0.265 e. The van der Waals surface area contributed by atoms with Gasteiger partial charge in [0.1, 0.15) is 0 Å². The molecule has 0 aliphatic carbocycles. The number of piperazine rings is 1. The first-order valence-electron chi connectivity index (χ1n) is 13.0. The van der Waals surface area contributed by atoms with Gasteiger partial charge in [-0.05, 0) is 59.7 Å². The molecule has 2 N–H and O–H groups in total. The van der Waals surface area contributed by atoms with Crippen LogP contribution in [0.5, 0.6) is 0 Å². The van der Waals surface area contributed by atoms with Crippen molar-refractivity contribution in [3.63, 3.8) is 0 Å².